The Morgan fingerprint density at radius 2 is 2.19 bits per heavy atom. The van der Waals surface area contributed by atoms with Crippen molar-refractivity contribution in [3.8, 4) is 5.75 Å². The minimum atomic E-state index is -0.00151. The number of aromatic nitrogens is 1. The fourth-order valence-electron chi connectivity index (χ4n) is 2.16. The predicted molar refractivity (Wildman–Crippen MR) is 85.7 cm³/mol. The second-order valence-electron chi connectivity index (χ2n) is 4.58. The van der Waals surface area contributed by atoms with Crippen LogP contribution >= 0.6 is 22.9 Å². The molecule has 0 unspecified atom stereocenters. The van der Waals surface area contributed by atoms with Gasteiger partial charge in [-0.2, -0.15) is 0 Å². The molecule has 0 amide bonds. The van der Waals surface area contributed by atoms with Gasteiger partial charge in [-0.15, -0.1) is 11.3 Å². The molecule has 0 saturated heterocycles. The van der Waals surface area contributed by atoms with Crippen molar-refractivity contribution >= 4 is 38.9 Å². The zero-order valence-electron chi connectivity index (χ0n) is 11.3. The van der Waals surface area contributed by atoms with Gasteiger partial charge in [-0.1, -0.05) is 11.6 Å². The molecule has 1 aromatic carbocycles. The molecular formula is C16H12ClNO2S. The molecule has 0 aliphatic heterocycles. The number of carbonyl (C=O) groups excluding carboxylic acids is 1. The van der Waals surface area contributed by atoms with Gasteiger partial charge in [0.2, 0.25) is 0 Å². The van der Waals surface area contributed by atoms with Crippen LogP contribution in [0.2, 0.25) is 5.02 Å². The lowest BCUT2D eigenvalue weighted by atomic mass is 10.0. The van der Waals surface area contributed by atoms with Crippen LogP contribution in [0.15, 0.2) is 41.9 Å². The highest BCUT2D eigenvalue weighted by atomic mass is 35.5. The summed E-state index contributed by atoms with van der Waals surface area (Å²) in [4.78, 5) is 16.7. The lowest BCUT2D eigenvalue weighted by Crippen LogP contribution is -2.05. The van der Waals surface area contributed by atoms with Crippen molar-refractivity contribution in [1.82, 2.24) is 4.98 Å². The van der Waals surface area contributed by atoms with Crippen molar-refractivity contribution in [3.63, 3.8) is 0 Å². The standard InChI is InChI=1S/C16H12ClNO2S/c1-20-15-3-2-12(17)6-10(15)7-14(19)11-8-16-13(18-9-11)4-5-21-16/h2-6,8-9H,7H2,1H3. The first kappa shape index (κ1) is 14.0. The van der Waals surface area contributed by atoms with Crippen LogP contribution < -0.4 is 4.74 Å². The first-order valence-electron chi connectivity index (χ1n) is 6.36. The fraction of sp³-hybridized carbons (Fsp3) is 0.125. The monoisotopic (exact) mass is 317 g/mol. The van der Waals surface area contributed by atoms with E-state index < -0.39 is 0 Å². The number of hydrogen-bond acceptors (Lipinski definition) is 4. The average molecular weight is 318 g/mol. The van der Waals surface area contributed by atoms with E-state index >= 15 is 0 Å². The summed E-state index contributed by atoms with van der Waals surface area (Å²) in [6.07, 6.45) is 1.86. The number of hydrogen-bond donors (Lipinski definition) is 0. The molecule has 5 heteroatoms. The van der Waals surface area contributed by atoms with E-state index in [1.807, 2.05) is 17.5 Å². The van der Waals surface area contributed by atoms with Crippen molar-refractivity contribution in [3.05, 3.63) is 58.1 Å². The second-order valence-corrected chi connectivity index (χ2v) is 5.97. The molecular weight excluding hydrogens is 306 g/mol. The van der Waals surface area contributed by atoms with Gasteiger partial charge in [0.1, 0.15) is 5.75 Å². The Kier molecular flexibility index (Phi) is 3.90. The number of methoxy groups -OCH3 is 1. The van der Waals surface area contributed by atoms with E-state index in [-0.39, 0.29) is 12.2 Å². The van der Waals surface area contributed by atoms with Crippen LogP contribution in [0.4, 0.5) is 0 Å². The topological polar surface area (TPSA) is 39.2 Å². The highest BCUT2D eigenvalue weighted by molar-refractivity contribution is 7.17. The van der Waals surface area contributed by atoms with Crippen molar-refractivity contribution in [2.75, 3.05) is 7.11 Å². The molecule has 0 aliphatic rings. The van der Waals surface area contributed by atoms with E-state index in [4.69, 9.17) is 16.3 Å². The third-order valence-electron chi connectivity index (χ3n) is 3.22. The normalized spacial score (nSPS) is 10.8. The SMILES string of the molecule is COc1ccc(Cl)cc1CC(=O)c1cnc2ccsc2c1. The van der Waals surface area contributed by atoms with Crippen molar-refractivity contribution in [2.24, 2.45) is 0 Å². The number of thiophene rings is 1. The molecule has 0 spiro atoms. The summed E-state index contributed by atoms with van der Waals surface area (Å²) in [5.74, 6) is 0.663. The lowest BCUT2D eigenvalue weighted by molar-refractivity contribution is 0.0992. The largest absolute Gasteiger partial charge is 0.496 e. The Morgan fingerprint density at radius 1 is 1.33 bits per heavy atom. The zero-order chi connectivity index (χ0) is 14.8. The van der Waals surface area contributed by atoms with E-state index in [1.54, 1.807) is 42.8 Å². The Hall–Kier alpha value is -1.91. The molecule has 0 aliphatic carbocycles. The highest BCUT2D eigenvalue weighted by Gasteiger charge is 2.13. The fourth-order valence-corrected chi connectivity index (χ4v) is 3.13. The number of rotatable bonds is 4. The van der Waals surface area contributed by atoms with Crippen LogP contribution in [0.1, 0.15) is 15.9 Å². The van der Waals surface area contributed by atoms with Gasteiger partial charge in [0.15, 0.2) is 5.78 Å². The zero-order valence-corrected chi connectivity index (χ0v) is 12.9. The second kappa shape index (κ2) is 5.84. The minimum Gasteiger partial charge on any atom is -0.496 e. The Bertz CT molecular complexity index is 813. The van der Waals surface area contributed by atoms with Crippen LogP contribution in [-0.4, -0.2) is 17.9 Å². The van der Waals surface area contributed by atoms with Crippen molar-refractivity contribution in [1.29, 1.82) is 0 Å². The molecule has 2 aromatic heterocycles. The summed E-state index contributed by atoms with van der Waals surface area (Å²) in [6.45, 7) is 0. The summed E-state index contributed by atoms with van der Waals surface area (Å²) in [5, 5.41) is 2.55. The molecule has 21 heavy (non-hydrogen) atoms. The maximum atomic E-state index is 12.4. The lowest BCUT2D eigenvalue weighted by Gasteiger charge is -2.08. The quantitative estimate of drug-likeness (QED) is 0.670. The first-order valence-corrected chi connectivity index (χ1v) is 7.62. The molecule has 3 aromatic rings. The Labute approximate surface area is 131 Å². The third-order valence-corrected chi connectivity index (χ3v) is 4.31. The molecule has 0 radical (unpaired) electrons. The van der Waals surface area contributed by atoms with E-state index in [2.05, 4.69) is 4.98 Å². The molecule has 106 valence electrons. The Morgan fingerprint density at radius 3 is 3.00 bits per heavy atom. The number of benzene rings is 1. The summed E-state index contributed by atoms with van der Waals surface area (Å²) in [7, 11) is 1.58. The van der Waals surface area contributed by atoms with Crippen molar-refractivity contribution < 1.29 is 9.53 Å². The van der Waals surface area contributed by atoms with Crippen LogP contribution in [-0.2, 0) is 6.42 Å². The van der Waals surface area contributed by atoms with Crippen molar-refractivity contribution in [2.45, 2.75) is 6.42 Å². The molecule has 3 rings (SSSR count). The molecule has 2 heterocycles. The molecule has 0 saturated carbocycles. The van der Waals surface area contributed by atoms with E-state index in [0.29, 0.717) is 16.3 Å². The van der Waals surface area contributed by atoms with Crippen LogP contribution in [0.5, 0.6) is 5.75 Å². The number of carbonyl (C=O) groups is 1. The molecule has 0 N–H and O–H groups in total. The number of nitrogens with zero attached hydrogens (tertiary/aromatic N) is 1. The Balaban J connectivity index is 1.90. The number of fused-ring (bicyclic) bond motifs is 1. The number of ether oxygens (including phenoxy) is 1. The number of halogens is 1. The summed E-state index contributed by atoms with van der Waals surface area (Å²) in [5.41, 5.74) is 2.30. The van der Waals surface area contributed by atoms with E-state index in [9.17, 15) is 4.79 Å². The van der Waals surface area contributed by atoms with Gasteiger partial charge in [0, 0.05) is 28.8 Å². The van der Waals surface area contributed by atoms with Gasteiger partial charge in [-0.25, -0.2) is 0 Å². The first-order chi connectivity index (χ1) is 10.2. The van der Waals surface area contributed by atoms with Gasteiger partial charge < -0.3 is 4.74 Å². The smallest absolute Gasteiger partial charge is 0.168 e. The third kappa shape index (κ3) is 2.91. The summed E-state index contributed by atoms with van der Waals surface area (Å²) < 4.78 is 6.28. The predicted octanol–water partition coefficient (Wildman–Crippen LogP) is 4.38. The number of pyridine rings is 1. The molecule has 0 bridgehead atoms. The van der Waals surface area contributed by atoms with E-state index in [1.165, 1.54) is 0 Å². The maximum absolute atomic E-state index is 12.4. The summed E-state index contributed by atoms with van der Waals surface area (Å²) >= 11 is 7.56. The van der Waals surface area contributed by atoms with Gasteiger partial charge >= 0.3 is 0 Å². The number of ketones is 1. The summed E-state index contributed by atoms with van der Waals surface area (Å²) in [6, 6.07) is 9.09. The van der Waals surface area contributed by atoms with E-state index in [0.717, 1.165) is 15.8 Å². The van der Waals surface area contributed by atoms with Crippen LogP contribution in [0, 0.1) is 0 Å². The minimum absolute atomic E-state index is 0.00151. The van der Waals surface area contributed by atoms with Gasteiger partial charge in [0.25, 0.3) is 0 Å². The van der Waals surface area contributed by atoms with Crippen LogP contribution in [0.3, 0.4) is 0 Å². The number of Topliss-reactive ketones (excluding diaryl/α,β-unsaturated/α-hetero) is 1. The van der Waals surface area contributed by atoms with Gasteiger partial charge in [-0.3, -0.25) is 9.78 Å². The highest BCUT2D eigenvalue weighted by Crippen LogP contribution is 2.25. The molecule has 0 fully saturated rings. The van der Waals surface area contributed by atoms with Gasteiger partial charge in [-0.05, 0) is 35.7 Å². The average Bonchev–Trinajstić information content (AvgIpc) is 2.94. The maximum Gasteiger partial charge on any atom is 0.168 e. The molecule has 0 atom stereocenters. The van der Waals surface area contributed by atoms with Gasteiger partial charge in [0.05, 0.1) is 17.3 Å². The molecule has 3 nitrogen and oxygen atoms in total. The van der Waals surface area contributed by atoms with Crippen LogP contribution in [0.25, 0.3) is 10.2 Å².